The lowest BCUT2D eigenvalue weighted by atomic mass is 10.2. The van der Waals surface area contributed by atoms with Crippen LogP contribution in [0.2, 0.25) is 5.02 Å². The Balaban J connectivity index is 2.03. The average Bonchev–Trinajstić information content (AvgIpc) is 2.66. The van der Waals surface area contributed by atoms with E-state index in [0.717, 1.165) is 19.3 Å². The van der Waals surface area contributed by atoms with E-state index in [1.807, 2.05) is 0 Å². The van der Waals surface area contributed by atoms with Gasteiger partial charge in [0.2, 0.25) is 0 Å². The van der Waals surface area contributed by atoms with Crippen molar-refractivity contribution in [1.82, 2.24) is 15.5 Å². The normalized spacial score (nSPS) is 10.3. The van der Waals surface area contributed by atoms with Crippen LogP contribution in [0.4, 0.5) is 11.5 Å². The number of amides is 1. The Labute approximate surface area is 157 Å². The minimum atomic E-state index is -0.467. The maximum atomic E-state index is 12.0. The zero-order chi connectivity index (χ0) is 18.9. The first-order chi connectivity index (χ1) is 12.5. The van der Waals surface area contributed by atoms with Gasteiger partial charge in [0, 0.05) is 6.54 Å². The van der Waals surface area contributed by atoms with Gasteiger partial charge in [-0.2, -0.15) is 0 Å². The lowest BCUT2D eigenvalue weighted by molar-refractivity contribution is 0.0600. The van der Waals surface area contributed by atoms with E-state index in [9.17, 15) is 9.59 Å². The highest BCUT2D eigenvalue weighted by Gasteiger charge is 2.11. The highest BCUT2D eigenvalue weighted by molar-refractivity contribution is 6.33. The Kier molecular flexibility index (Phi) is 7.35. The molecule has 1 aromatic heterocycles. The van der Waals surface area contributed by atoms with Gasteiger partial charge < -0.3 is 15.4 Å². The summed E-state index contributed by atoms with van der Waals surface area (Å²) in [4.78, 5) is 23.6. The molecule has 0 unspecified atom stereocenters. The van der Waals surface area contributed by atoms with Crippen LogP contribution >= 0.6 is 11.6 Å². The number of anilines is 2. The third-order valence-corrected chi connectivity index (χ3v) is 3.94. The molecule has 1 amide bonds. The van der Waals surface area contributed by atoms with E-state index in [4.69, 9.17) is 11.6 Å². The van der Waals surface area contributed by atoms with Gasteiger partial charge in [-0.15, -0.1) is 10.2 Å². The van der Waals surface area contributed by atoms with Gasteiger partial charge in [0.05, 0.1) is 23.4 Å². The van der Waals surface area contributed by atoms with E-state index in [-0.39, 0.29) is 11.6 Å². The second-order valence-electron chi connectivity index (χ2n) is 5.58. The van der Waals surface area contributed by atoms with Crippen LogP contribution in [0, 0.1) is 0 Å². The van der Waals surface area contributed by atoms with E-state index >= 15 is 0 Å². The number of nitrogens with zero attached hydrogens (tertiary/aromatic N) is 2. The monoisotopic (exact) mass is 376 g/mol. The number of carbonyl (C=O) groups excluding carboxylic acids is 2. The van der Waals surface area contributed by atoms with Crippen molar-refractivity contribution in [3.63, 3.8) is 0 Å². The molecule has 0 aliphatic carbocycles. The van der Waals surface area contributed by atoms with Crippen LogP contribution in [0.25, 0.3) is 0 Å². The third kappa shape index (κ3) is 5.42. The fourth-order valence-electron chi connectivity index (χ4n) is 2.19. The standard InChI is InChI=1S/C18H21ClN4O3/c1-3-4-5-10-20-17(24)14-8-9-16(23-22-14)21-15-11-12(18(25)26-2)6-7-13(15)19/h6-9,11H,3-5,10H2,1-2H3,(H,20,24)(H,21,23). The number of nitrogens with one attached hydrogen (secondary N) is 2. The number of esters is 1. The van der Waals surface area contributed by atoms with Crippen LogP contribution in [0.3, 0.4) is 0 Å². The lowest BCUT2D eigenvalue weighted by Crippen LogP contribution is -2.25. The molecular formula is C18H21ClN4O3. The zero-order valence-electron chi connectivity index (χ0n) is 14.7. The number of hydrogen-bond acceptors (Lipinski definition) is 6. The summed E-state index contributed by atoms with van der Waals surface area (Å²) in [7, 11) is 1.31. The topological polar surface area (TPSA) is 93.2 Å². The predicted molar refractivity (Wildman–Crippen MR) is 100.0 cm³/mol. The summed E-state index contributed by atoms with van der Waals surface area (Å²) in [5.41, 5.74) is 1.08. The smallest absolute Gasteiger partial charge is 0.337 e. The minimum absolute atomic E-state index is 0.237. The van der Waals surface area contributed by atoms with Crippen molar-refractivity contribution in [2.75, 3.05) is 19.0 Å². The number of benzene rings is 1. The van der Waals surface area contributed by atoms with Crippen molar-refractivity contribution in [3.8, 4) is 0 Å². The van der Waals surface area contributed by atoms with Gasteiger partial charge in [-0.05, 0) is 36.8 Å². The highest BCUT2D eigenvalue weighted by Crippen LogP contribution is 2.26. The van der Waals surface area contributed by atoms with Gasteiger partial charge in [-0.25, -0.2) is 4.79 Å². The van der Waals surface area contributed by atoms with Gasteiger partial charge in [-0.1, -0.05) is 31.4 Å². The Bertz CT molecular complexity index is 766. The van der Waals surface area contributed by atoms with Gasteiger partial charge in [0.15, 0.2) is 11.5 Å². The van der Waals surface area contributed by atoms with E-state index in [1.54, 1.807) is 30.3 Å². The SMILES string of the molecule is CCCCCNC(=O)c1ccc(Nc2cc(C(=O)OC)ccc2Cl)nn1. The predicted octanol–water partition coefficient (Wildman–Crippen LogP) is 3.58. The average molecular weight is 377 g/mol. The molecule has 0 aliphatic heterocycles. The first-order valence-corrected chi connectivity index (χ1v) is 8.69. The van der Waals surface area contributed by atoms with Crippen LogP contribution in [-0.2, 0) is 4.74 Å². The Morgan fingerprint density at radius 3 is 2.62 bits per heavy atom. The lowest BCUT2D eigenvalue weighted by Gasteiger charge is -2.09. The van der Waals surface area contributed by atoms with Crippen LogP contribution in [0.15, 0.2) is 30.3 Å². The second-order valence-corrected chi connectivity index (χ2v) is 5.99. The van der Waals surface area contributed by atoms with Crippen molar-refractivity contribution in [1.29, 1.82) is 0 Å². The fraction of sp³-hybridized carbons (Fsp3) is 0.333. The molecular weight excluding hydrogens is 356 g/mol. The molecule has 2 rings (SSSR count). The second kappa shape index (κ2) is 9.72. The maximum Gasteiger partial charge on any atom is 0.337 e. The molecule has 26 heavy (non-hydrogen) atoms. The molecule has 0 radical (unpaired) electrons. The first-order valence-electron chi connectivity index (χ1n) is 8.32. The van der Waals surface area contributed by atoms with Crippen molar-refractivity contribution >= 4 is 35.0 Å². The quantitative estimate of drug-likeness (QED) is 0.540. The Morgan fingerprint density at radius 1 is 1.15 bits per heavy atom. The molecule has 8 heteroatoms. The summed E-state index contributed by atoms with van der Waals surface area (Å²) in [5, 5.41) is 14.1. The number of ether oxygens (including phenoxy) is 1. The number of carbonyl (C=O) groups is 2. The first kappa shape index (κ1) is 19.7. The van der Waals surface area contributed by atoms with Crippen molar-refractivity contribution in [2.45, 2.75) is 26.2 Å². The number of methoxy groups -OCH3 is 1. The molecule has 0 saturated carbocycles. The van der Waals surface area contributed by atoms with Crippen LogP contribution < -0.4 is 10.6 Å². The third-order valence-electron chi connectivity index (χ3n) is 3.61. The van der Waals surface area contributed by atoms with Gasteiger partial charge >= 0.3 is 5.97 Å². The molecule has 2 aromatic rings. The number of aromatic nitrogens is 2. The van der Waals surface area contributed by atoms with Crippen molar-refractivity contribution in [3.05, 3.63) is 46.6 Å². The van der Waals surface area contributed by atoms with Crippen LogP contribution in [0.5, 0.6) is 0 Å². The summed E-state index contributed by atoms with van der Waals surface area (Å²) in [6.45, 7) is 2.72. The van der Waals surface area contributed by atoms with Crippen LogP contribution in [0.1, 0.15) is 47.0 Å². The molecule has 0 saturated heterocycles. The molecule has 0 spiro atoms. The number of rotatable bonds is 8. The van der Waals surface area contributed by atoms with E-state index in [1.165, 1.54) is 7.11 Å². The number of unbranched alkanes of at least 4 members (excludes halogenated alkanes) is 2. The molecule has 2 N–H and O–H groups in total. The largest absolute Gasteiger partial charge is 0.465 e. The highest BCUT2D eigenvalue weighted by atomic mass is 35.5. The number of hydrogen-bond donors (Lipinski definition) is 2. The van der Waals surface area contributed by atoms with E-state index < -0.39 is 5.97 Å². The number of halogens is 1. The molecule has 7 nitrogen and oxygen atoms in total. The fourth-order valence-corrected chi connectivity index (χ4v) is 2.36. The molecule has 1 heterocycles. The van der Waals surface area contributed by atoms with Gasteiger partial charge in [-0.3, -0.25) is 4.79 Å². The maximum absolute atomic E-state index is 12.0. The van der Waals surface area contributed by atoms with Crippen molar-refractivity contribution < 1.29 is 14.3 Å². The Hall–Kier alpha value is -2.67. The summed E-state index contributed by atoms with van der Waals surface area (Å²) in [6.07, 6.45) is 3.10. The van der Waals surface area contributed by atoms with Crippen LogP contribution in [-0.4, -0.2) is 35.7 Å². The minimum Gasteiger partial charge on any atom is -0.465 e. The van der Waals surface area contributed by atoms with Crippen molar-refractivity contribution in [2.24, 2.45) is 0 Å². The summed E-state index contributed by atoms with van der Waals surface area (Å²) in [6, 6.07) is 7.90. The summed E-state index contributed by atoms with van der Waals surface area (Å²) >= 11 is 6.13. The molecule has 1 aromatic carbocycles. The van der Waals surface area contributed by atoms with Gasteiger partial charge in [0.1, 0.15) is 0 Å². The molecule has 0 atom stereocenters. The Morgan fingerprint density at radius 2 is 1.96 bits per heavy atom. The molecule has 0 bridgehead atoms. The van der Waals surface area contributed by atoms with E-state index in [0.29, 0.717) is 28.6 Å². The van der Waals surface area contributed by atoms with Gasteiger partial charge in [0.25, 0.3) is 5.91 Å². The van der Waals surface area contributed by atoms with E-state index in [2.05, 4.69) is 32.5 Å². The molecule has 0 fully saturated rings. The zero-order valence-corrected chi connectivity index (χ0v) is 15.5. The summed E-state index contributed by atoms with van der Waals surface area (Å²) in [5.74, 6) is -0.326. The molecule has 0 aliphatic rings. The molecule has 138 valence electrons. The summed E-state index contributed by atoms with van der Waals surface area (Å²) < 4.78 is 4.69.